The summed E-state index contributed by atoms with van der Waals surface area (Å²) < 4.78 is 5.36. The second kappa shape index (κ2) is 3.03. The molecule has 0 radical (unpaired) electrons. The van der Waals surface area contributed by atoms with Gasteiger partial charge in [0.2, 0.25) is 0 Å². The Kier molecular flexibility index (Phi) is 2.04. The molecule has 1 heterocycles. The minimum atomic E-state index is -0.184. The Balaban J connectivity index is 2.22. The Labute approximate surface area is 87.7 Å². The van der Waals surface area contributed by atoms with Crippen molar-refractivity contribution in [1.29, 1.82) is 0 Å². The maximum Gasteiger partial charge on any atom is 0.126 e. The molecule has 1 aliphatic heterocycles. The number of aromatic hydroxyl groups is 3. The summed E-state index contributed by atoms with van der Waals surface area (Å²) in [6.07, 6.45) is 0.462. The highest BCUT2D eigenvalue weighted by Crippen LogP contribution is 2.42. The summed E-state index contributed by atoms with van der Waals surface area (Å²) in [4.78, 5) is 0. The van der Waals surface area contributed by atoms with E-state index in [4.69, 9.17) is 9.84 Å². The molecule has 15 heavy (non-hydrogen) atoms. The number of benzene rings is 1. The predicted molar refractivity (Wildman–Crippen MR) is 54.1 cm³/mol. The van der Waals surface area contributed by atoms with E-state index in [-0.39, 0.29) is 29.0 Å². The number of phenolic OH excluding ortho intramolecular Hbond substituents is 3. The maximum absolute atomic E-state index is 9.54. The van der Waals surface area contributed by atoms with E-state index in [1.165, 1.54) is 12.1 Å². The second-order valence-corrected chi connectivity index (χ2v) is 4.38. The molecule has 1 aromatic carbocycles. The molecule has 0 saturated carbocycles. The normalized spacial score (nSPS) is 22.7. The number of rotatable bonds is 2. The summed E-state index contributed by atoms with van der Waals surface area (Å²) in [6, 6.07) is 2.43. The molecule has 1 aliphatic rings. The molecule has 1 unspecified atom stereocenters. The number of ether oxygens (including phenoxy) is 1. The van der Waals surface area contributed by atoms with Crippen LogP contribution >= 0.6 is 0 Å². The van der Waals surface area contributed by atoms with E-state index in [1.54, 1.807) is 0 Å². The zero-order valence-electron chi connectivity index (χ0n) is 8.69. The Morgan fingerprint density at radius 2 is 1.67 bits per heavy atom. The lowest BCUT2D eigenvalue weighted by Crippen LogP contribution is -2.06. The zero-order chi connectivity index (χ0) is 11.2. The molecule has 4 heteroatoms. The van der Waals surface area contributed by atoms with Crippen LogP contribution in [0, 0.1) is 0 Å². The Morgan fingerprint density at radius 3 is 2.07 bits per heavy atom. The highest BCUT2D eigenvalue weighted by atomic mass is 16.6. The van der Waals surface area contributed by atoms with Gasteiger partial charge in [-0.15, -0.1) is 0 Å². The van der Waals surface area contributed by atoms with Crippen LogP contribution in [0.2, 0.25) is 0 Å². The molecule has 1 aromatic rings. The SMILES string of the molecule is CC1(C)OC1Cc1c(O)cc(O)cc1O. The molecule has 0 bridgehead atoms. The van der Waals surface area contributed by atoms with Crippen molar-refractivity contribution < 1.29 is 20.1 Å². The van der Waals surface area contributed by atoms with E-state index in [1.807, 2.05) is 13.8 Å². The van der Waals surface area contributed by atoms with Gasteiger partial charge < -0.3 is 20.1 Å². The molecular weight excluding hydrogens is 196 g/mol. The van der Waals surface area contributed by atoms with Crippen molar-refractivity contribution in [2.24, 2.45) is 0 Å². The lowest BCUT2D eigenvalue weighted by atomic mass is 10.0. The first-order chi connectivity index (χ1) is 6.90. The van der Waals surface area contributed by atoms with E-state index >= 15 is 0 Å². The van der Waals surface area contributed by atoms with Gasteiger partial charge in [0.15, 0.2) is 0 Å². The van der Waals surface area contributed by atoms with Gasteiger partial charge in [-0.25, -0.2) is 0 Å². The Hall–Kier alpha value is -1.42. The van der Waals surface area contributed by atoms with Crippen LogP contribution < -0.4 is 0 Å². The van der Waals surface area contributed by atoms with Gasteiger partial charge in [-0.2, -0.15) is 0 Å². The third kappa shape index (κ3) is 1.85. The highest BCUT2D eigenvalue weighted by Gasteiger charge is 2.48. The van der Waals surface area contributed by atoms with Crippen molar-refractivity contribution in [2.75, 3.05) is 0 Å². The van der Waals surface area contributed by atoms with Crippen LogP contribution in [0.15, 0.2) is 12.1 Å². The summed E-state index contributed by atoms with van der Waals surface area (Å²) in [5, 5.41) is 28.2. The smallest absolute Gasteiger partial charge is 0.126 e. The maximum atomic E-state index is 9.54. The van der Waals surface area contributed by atoms with Gasteiger partial charge in [0.05, 0.1) is 11.7 Å². The molecule has 3 N–H and O–H groups in total. The summed E-state index contributed by atoms with van der Waals surface area (Å²) in [7, 11) is 0. The number of phenols is 3. The Bertz CT molecular complexity index is 375. The van der Waals surface area contributed by atoms with Crippen molar-refractivity contribution in [3.63, 3.8) is 0 Å². The van der Waals surface area contributed by atoms with Gasteiger partial charge in [-0.1, -0.05) is 0 Å². The molecular formula is C11H14O4. The largest absolute Gasteiger partial charge is 0.508 e. The third-order valence-electron chi connectivity index (χ3n) is 2.74. The first-order valence-electron chi connectivity index (χ1n) is 4.82. The van der Waals surface area contributed by atoms with Crippen molar-refractivity contribution >= 4 is 0 Å². The van der Waals surface area contributed by atoms with Crippen LogP contribution in [-0.4, -0.2) is 27.0 Å². The van der Waals surface area contributed by atoms with Gasteiger partial charge in [0.1, 0.15) is 17.2 Å². The number of hydrogen-bond donors (Lipinski definition) is 3. The van der Waals surface area contributed by atoms with Crippen LogP contribution in [0.1, 0.15) is 19.4 Å². The van der Waals surface area contributed by atoms with Gasteiger partial charge in [0, 0.05) is 24.1 Å². The lowest BCUT2D eigenvalue weighted by molar-refractivity contribution is 0.321. The van der Waals surface area contributed by atoms with Gasteiger partial charge in [-0.3, -0.25) is 0 Å². The van der Waals surface area contributed by atoms with Crippen molar-refractivity contribution in [2.45, 2.75) is 32.0 Å². The monoisotopic (exact) mass is 210 g/mol. The van der Waals surface area contributed by atoms with Crippen molar-refractivity contribution in [3.05, 3.63) is 17.7 Å². The molecule has 1 atom stereocenters. The lowest BCUT2D eigenvalue weighted by Gasteiger charge is -2.06. The fourth-order valence-electron chi connectivity index (χ4n) is 1.64. The minimum absolute atomic E-state index is 0.0128. The number of epoxide rings is 1. The van der Waals surface area contributed by atoms with Crippen LogP contribution in [0.5, 0.6) is 17.2 Å². The van der Waals surface area contributed by atoms with Crippen LogP contribution in [0.4, 0.5) is 0 Å². The van der Waals surface area contributed by atoms with Gasteiger partial charge in [0.25, 0.3) is 0 Å². The van der Waals surface area contributed by atoms with Crippen molar-refractivity contribution in [3.8, 4) is 17.2 Å². The first kappa shape index (κ1) is 10.1. The molecule has 0 spiro atoms. The van der Waals surface area contributed by atoms with E-state index in [0.717, 1.165) is 0 Å². The van der Waals surface area contributed by atoms with Crippen LogP contribution in [0.25, 0.3) is 0 Å². The standard InChI is InChI=1S/C11H14O4/c1-11(2)10(15-11)5-7-8(13)3-6(12)4-9(7)14/h3-4,10,12-14H,5H2,1-2H3. The van der Waals surface area contributed by atoms with Crippen molar-refractivity contribution in [1.82, 2.24) is 0 Å². The van der Waals surface area contributed by atoms with Gasteiger partial charge in [-0.05, 0) is 13.8 Å². The molecule has 0 amide bonds. The molecule has 4 nitrogen and oxygen atoms in total. The summed E-state index contributed by atoms with van der Waals surface area (Å²) in [6.45, 7) is 3.90. The second-order valence-electron chi connectivity index (χ2n) is 4.38. The molecule has 1 fully saturated rings. The van der Waals surface area contributed by atoms with Crippen LogP contribution in [-0.2, 0) is 11.2 Å². The quantitative estimate of drug-likeness (QED) is 0.647. The summed E-state index contributed by atoms with van der Waals surface area (Å²) >= 11 is 0. The van der Waals surface area contributed by atoms with E-state index in [9.17, 15) is 10.2 Å². The fraction of sp³-hybridized carbons (Fsp3) is 0.455. The minimum Gasteiger partial charge on any atom is -0.508 e. The van der Waals surface area contributed by atoms with E-state index in [2.05, 4.69) is 0 Å². The van der Waals surface area contributed by atoms with E-state index < -0.39 is 0 Å². The molecule has 1 saturated heterocycles. The fourth-order valence-corrected chi connectivity index (χ4v) is 1.64. The highest BCUT2D eigenvalue weighted by molar-refractivity contribution is 5.49. The topological polar surface area (TPSA) is 73.2 Å². The average Bonchev–Trinajstić information content (AvgIpc) is 2.66. The molecule has 2 rings (SSSR count). The average molecular weight is 210 g/mol. The first-order valence-corrected chi connectivity index (χ1v) is 4.82. The predicted octanol–water partition coefficient (Wildman–Crippen LogP) is 1.52. The van der Waals surface area contributed by atoms with Crippen LogP contribution in [0.3, 0.4) is 0 Å². The Morgan fingerprint density at radius 1 is 1.20 bits per heavy atom. The zero-order valence-corrected chi connectivity index (χ0v) is 8.69. The molecule has 0 aliphatic carbocycles. The third-order valence-corrected chi connectivity index (χ3v) is 2.74. The molecule has 82 valence electrons. The summed E-state index contributed by atoms with van der Waals surface area (Å²) in [5.41, 5.74) is 0.236. The number of hydrogen-bond acceptors (Lipinski definition) is 4. The van der Waals surface area contributed by atoms with E-state index in [0.29, 0.717) is 12.0 Å². The van der Waals surface area contributed by atoms with Gasteiger partial charge >= 0.3 is 0 Å². The molecule has 0 aromatic heterocycles. The summed E-state index contributed by atoms with van der Waals surface area (Å²) in [5.74, 6) is -0.345.